The quantitative estimate of drug-likeness (QED) is 0.0213. The minimum atomic E-state index is -0.441. The van der Waals surface area contributed by atoms with Crippen molar-refractivity contribution in [3.05, 3.63) is 169 Å². The fraction of sp³-hybridized carbons (Fsp3) is 0.440. The molecule has 512 valence electrons. The van der Waals surface area contributed by atoms with E-state index in [1.807, 2.05) is 140 Å². The number of carbonyl (C=O) groups is 6. The Bertz CT molecular complexity index is 3140. The molecular formula is C75H95N3O17. The maximum absolute atomic E-state index is 12.8. The molecule has 2 unspecified atom stereocenters. The van der Waals surface area contributed by atoms with Gasteiger partial charge in [-0.2, -0.15) is 0 Å². The van der Waals surface area contributed by atoms with Crippen molar-refractivity contribution in [2.24, 2.45) is 23.7 Å². The first-order valence-corrected chi connectivity index (χ1v) is 32.5. The van der Waals surface area contributed by atoms with Crippen LogP contribution in [-0.2, 0) is 71.4 Å². The summed E-state index contributed by atoms with van der Waals surface area (Å²) in [6.45, 7) is 8.04. The third kappa shape index (κ3) is 26.0. The van der Waals surface area contributed by atoms with Gasteiger partial charge in [-0.1, -0.05) is 84.6 Å². The maximum Gasteiger partial charge on any atom is 0.309 e. The minimum absolute atomic E-state index is 0.0112. The fourth-order valence-corrected chi connectivity index (χ4v) is 10.9. The first-order valence-electron chi connectivity index (χ1n) is 32.5. The zero-order chi connectivity index (χ0) is 68.0. The van der Waals surface area contributed by atoms with Crippen LogP contribution in [0.3, 0.4) is 0 Å². The van der Waals surface area contributed by atoms with Crippen LogP contribution in [0.1, 0.15) is 75.3 Å². The summed E-state index contributed by atoms with van der Waals surface area (Å²) in [7, 11) is 7.92. The second-order valence-electron chi connectivity index (χ2n) is 22.8. The zero-order valence-corrected chi connectivity index (χ0v) is 56.2. The van der Waals surface area contributed by atoms with E-state index >= 15 is 0 Å². The van der Waals surface area contributed by atoms with E-state index in [1.165, 1.54) is 12.7 Å². The molecule has 2 aliphatic rings. The Labute approximate surface area is 559 Å². The predicted octanol–water partition coefficient (Wildman–Crippen LogP) is 12.7. The van der Waals surface area contributed by atoms with Gasteiger partial charge in [0.15, 0.2) is 0 Å². The number of hydrogen-bond acceptors (Lipinski definition) is 20. The van der Waals surface area contributed by atoms with Crippen LogP contribution in [0.5, 0.6) is 11.5 Å². The molecule has 0 amide bonds. The molecule has 20 heteroatoms. The molecule has 0 saturated heterocycles. The summed E-state index contributed by atoms with van der Waals surface area (Å²) in [5, 5.41) is 0. The number of carbonyl (C=O) groups excluding carboxylic acids is 6. The van der Waals surface area contributed by atoms with E-state index in [9.17, 15) is 28.8 Å². The van der Waals surface area contributed by atoms with Crippen LogP contribution in [-0.4, -0.2) is 150 Å². The van der Waals surface area contributed by atoms with E-state index in [4.69, 9.17) is 52.1 Å². The molecule has 95 heavy (non-hydrogen) atoms. The second kappa shape index (κ2) is 42.4. The molecule has 20 nitrogen and oxygen atoms in total. The van der Waals surface area contributed by atoms with Crippen molar-refractivity contribution in [3.8, 4) is 11.5 Å². The lowest BCUT2D eigenvalue weighted by atomic mass is 9.79. The topological polar surface area (TPSA) is 214 Å². The van der Waals surface area contributed by atoms with Crippen LogP contribution in [0, 0.1) is 37.5 Å². The number of hydrogen-bond donors (Lipinski definition) is 0. The maximum atomic E-state index is 12.8. The lowest BCUT2D eigenvalue weighted by Crippen LogP contribution is -2.36. The summed E-state index contributed by atoms with van der Waals surface area (Å²) < 4.78 is 57.2. The highest BCUT2D eigenvalue weighted by Crippen LogP contribution is 2.35. The van der Waals surface area contributed by atoms with E-state index in [0.29, 0.717) is 78.0 Å². The molecule has 0 aliphatic heterocycles. The van der Waals surface area contributed by atoms with Crippen LogP contribution in [0.2, 0.25) is 0 Å². The molecule has 0 radical (unpaired) electrons. The van der Waals surface area contributed by atoms with E-state index in [2.05, 4.69) is 45.9 Å². The number of rotatable bonds is 33. The Balaban J connectivity index is 0.000000226. The standard InChI is InChI=1S/C27H35NO6.C25H31NO5.C23H29NO6/c1-20-4-10-23(11-5-20)28(24-12-14-25(32-3)15-13-24)16-17-33-26(29)21-6-8-22(9-7-21)27(30)34-19-18-31-2;1-29-18-19-31-25(28)23-15-9-8-14-22(23)24(27)30-17-16-26(20-10-4-2-5-11-20)21-12-6-3-7-13-21;1-18-4-6-19(7-5-18)24(20-8-10-21(28-3)11-9-20)14-15-29-22(25)12-13-23(26)30-17-16-27-2/h4-5,10-15,21-22H,6-9,16-19H2,1-3H3;2-7,10-13,22-23H,8-9,14-19H2,1H3;4-11H,12-17H2,1-3H3. The highest BCUT2D eigenvalue weighted by molar-refractivity contribution is 5.82. The average molecular weight is 1310 g/mol. The van der Waals surface area contributed by atoms with Crippen molar-refractivity contribution in [3.63, 3.8) is 0 Å². The molecular weight excluding hydrogens is 1210 g/mol. The van der Waals surface area contributed by atoms with Crippen molar-refractivity contribution >= 4 is 69.9 Å². The fourth-order valence-electron chi connectivity index (χ4n) is 10.9. The summed E-state index contributed by atoms with van der Waals surface area (Å²) in [5.74, 6) is -1.53. The molecule has 2 fully saturated rings. The first kappa shape index (κ1) is 75.1. The van der Waals surface area contributed by atoms with E-state index in [1.54, 1.807) is 28.4 Å². The third-order valence-corrected chi connectivity index (χ3v) is 16.2. The highest BCUT2D eigenvalue weighted by atomic mass is 16.6. The van der Waals surface area contributed by atoms with Crippen LogP contribution in [0.25, 0.3) is 0 Å². The molecule has 2 saturated carbocycles. The summed E-state index contributed by atoms with van der Waals surface area (Å²) in [6, 6.07) is 51.9. The number of esters is 6. The van der Waals surface area contributed by atoms with Crippen LogP contribution >= 0.6 is 0 Å². The van der Waals surface area contributed by atoms with E-state index in [-0.39, 0.29) is 88.2 Å². The van der Waals surface area contributed by atoms with Gasteiger partial charge in [0.05, 0.1) is 90.2 Å². The van der Waals surface area contributed by atoms with Gasteiger partial charge in [0.1, 0.15) is 51.1 Å². The molecule has 6 aromatic rings. The van der Waals surface area contributed by atoms with Crippen molar-refractivity contribution in [1.82, 2.24) is 0 Å². The summed E-state index contributed by atoms with van der Waals surface area (Å²) >= 11 is 0. The van der Waals surface area contributed by atoms with E-state index in [0.717, 1.165) is 64.0 Å². The molecule has 2 aliphatic carbocycles. The molecule has 0 aromatic heterocycles. The monoisotopic (exact) mass is 1310 g/mol. The molecule has 6 aromatic carbocycles. The number of methoxy groups -OCH3 is 5. The smallest absolute Gasteiger partial charge is 0.309 e. The summed E-state index contributed by atoms with van der Waals surface area (Å²) in [4.78, 5) is 79.9. The number of aryl methyl sites for hydroxylation is 2. The lowest BCUT2D eigenvalue weighted by Gasteiger charge is -2.29. The molecule has 0 bridgehead atoms. The summed E-state index contributed by atoms with van der Waals surface area (Å²) in [5.41, 5.74) is 8.37. The minimum Gasteiger partial charge on any atom is -0.497 e. The second-order valence-corrected chi connectivity index (χ2v) is 22.8. The van der Waals surface area contributed by atoms with Crippen LogP contribution in [0.4, 0.5) is 34.1 Å². The SMILES string of the molecule is COCCOC(=O)C1CCC(C(=O)OCCN(c2ccc(C)cc2)c2ccc(OC)cc2)CC1.COCCOC(=O)C1CCCCC1C(=O)OCCN(c1ccccc1)c1ccccc1.COCCOC(=O)CCC(=O)OCCN(c1ccc(C)cc1)c1ccc(OC)cc1. The van der Waals surface area contributed by atoms with Gasteiger partial charge in [0, 0.05) is 55.5 Å². The van der Waals surface area contributed by atoms with Gasteiger partial charge in [0.2, 0.25) is 0 Å². The van der Waals surface area contributed by atoms with Gasteiger partial charge in [-0.3, -0.25) is 28.8 Å². The molecule has 8 rings (SSSR count). The number of nitrogens with zero attached hydrogens (tertiary/aromatic N) is 3. The summed E-state index contributed by atoms with van der Waals surface area (Å²) in [6.07, 6.45) is 5.70. The Kier molecular flexibility index (Phi) is 33.5. The van der Waals surface area contributed by atoms with Gasteiger partial charge < -0.3 is 66.8 Å². The van der Waals surface area contributed by atoms with Gasteiger partial charge in [0.25, 0.3) is 0 Å². The Morgan fingerprint density at radius 3 is 0.958 bits per heavy atom. The van der Waals surface area contributed by atoms with Gasteiger partial charge >= 0.3 is 35.8 Å². The Morgan fingerprint density at radius 1 is 0.326 bits per heavy atom. The Morgan fingerprint density at radius 2 is 0.611 bits per heavy atom. The molecule has 0 N–H and O–H groups in total. The largest absolute Gasteiger partial charge is 0.497 e. The van der Waals surface area contributed by atoms with E-state index < -0.39 is 23.8 Å². The number of anilines is 6. The zero-order valence-electron chi connectivity index (χ0n) is 56.2. The highest BCUT2D eigenvalue weighted by Gasteiger charge is 2.38. The van der Waals surface area contributed by atoms with Gasteiger partial charge in [-0.15, -0.1) is 0 Å². The molecule has 0 heterocycles. The Hall–Kier alpha value is -8.98. The van der Waals surface area contributed by atoms with Crippen molar-refractivity contribution in [2.45, 2.75) is 78.1 Å². The van der Waals surface area contributed by atoms with Gasteiger partial charge in [-0.25, -0.2) is 0 Å². The van der Waals surface area contributed by atoms with Crippen LogP contribution < -0.4 is 24.2 Å². The number of para-hydroxylation sites is 2. The lowest BCUT2D eigenvalue weighted by molar-refractivity contribution is -0.163. The number of ether oxygens (including phenoxy) is 11. The predicted molar refractivity (Wildman–Crippen MR) is 364 cm³/mol. The average Bonchev–Trinajstić information content (AvgIpc) is 1.14. The normalized spacial score (nSPS) is 15.5. The van der Waals surface area contributed by atoms with Crippen LogP contribution in [0.15, 0.2) is 158 Å². The molecule has 0 spiro atoms. The van der Waals surface area contributed by atoms with Gasteiger partial charge in [-0.05, 0) is 149 Å². The molecule has 2 atom stereocenters. The third-order valence-electron chi connectivity index (χ3n) is 16.2. The first-order chi connectivity index (χ1) is 46.2. The van der Waals surface area contributed by atoms with Crippen molar-refractivity contribution < 1.29 is 80.9 Å². The van der Waals surface area contributed by atoms with Crippen molar-refractivity contribution in [1.29, 1.82) is 0 Å². The number of benzene rings is 6. The van der Waals surface area contributed by atoms with Crippen molar-refractivity contribution in [2.75, 3.05) is 129 Å².